The molecule has 1 amide bonds. The molecule has 3 rings (SSSR count). The minimum Gasteiger partial charge on any atom is -0.480 e. The predicted octanol–water partition coefficient (Wildman–Crippen LogP) is 1.94. The molecule has 3 heterocycles. The number of methoxy groups -OCH3 is 1. The number of hydrogen-bond acceptors (Lipinski definition) is 6. The van der Waals surface area contributed by atoms with E-state index in [9.17, 15) is 18.0 Å². The first-order valence-electron chi connectivity index (χ1n) is 8.29. The van der Waals surface area contributed by atoms with Gasteiger partial charge in [0.25, 0.3) is 5.91 Å². The molecule has 2 aromatic heterocycles. The summed E-state index contributed by atoms with van der Waals surface area (Å²) in [4.78, 5) is 14.1. The second-order valence-corrected chi connectivity index (χ2v) is 5.90. The molecule has 0 N–H and O–H groups in total. The summed E-state index contributed by atoms with van der Waals surface area (Å²) < 4.78 is 52.0. The molecule has 27 heavy (non-hydrogen) atoms. The van der Waals surface area contributed by atoms with Gasteiger partial charge in [-0.1, -0.05) is 6.92 Å². The highest BCUT2D eigenvalue weighted by atomic mass is 19.4. The number of alkyl halides is 3. The monoisotopic (exact) mass is 385 g/mol. The number of ether oxygens (including phenoxy) is 2. The van der Waals surface area contributed by atoms with Gasteiger partial charge in [0.05, 0.1) is 31.6 Å². The number of morpholine rings is 1. The first-order chi connectivity index (χ1) is 12.8. The Morgan fingerprint density at radius 3 is 2.74 bits per heavy atom. The van der Waals surface area contributed by atoms with Crippen LogP contribution in [0, 0.1) is 0 Å². The third kappa shape index (κ3) is 3.87. The van der Waals surface area contributed by atoms with Crippen LogP contribution in [0.25, 0.3) is 5.82 Å². The highest BCUT2D eigenvalue weighted by Gasteiger charge is 2.42. The molecule has 2 aromatic rings. The van der Waals surface area contributed by atoms with Crippen LogP contribution in [0.2, 0.25) is 0 Å². The van der Waals surface area contributed by atoms with E-state index >= 15 is 0 Å². The number of amides is 1. The summed E-state index contributed by atoms with van der Waals surface area (Å²) in [6.07, 6.45) is -3.43. The normalized spacial score (nSPS) is 17.8. The lowest BCUT2D eigenvalue weighted by molar-refractivity contribution is -0.143. The topological polar surface area (TPSA) is 82.4 Å². The Labute approximate surface area is 152 Å². The molecule has 1 aliphatic rings. The lowest BCUT2D eigenvalue weighted by Gasteiger charge is -2.32. The first kappa shape index (κ1) is 19.1. The fourth-order valence-corrected chi connectivity index (χ4v) is 2.81. The summed E-state index contributed by atoms with van der Waals surface area (Å²) >= 11 is 0. The van der Waals surface area contributed by atoms with E-state index < -0.39 is 23.3 Å². The van der Waals surface area contributed by atoms with Crippen LogP contribution in [0.3, 0.4) is 0 Å². The zero-order chi connectivity index (χ0) is 19.6. The Balaban J connectivity index is 1.98. The van der Waals surface area contributed by atoms with Gasteiger partial charge in [-0.3, -0.25) is 4.79 Å². The Bertz CT molecular complexity index is 807. The lowest BCUT2D eigenvalue weighted by atomic mass is 10.1. The molecule has 0 spiro atoms. The van der Waals surface area contributed by atoms with Crippen molar-refractivity contribution in [3.05, 3.63) is 29.6 Å². The van der Waals surface area contributed by atoms with Gasteiger partial charge in [0.15, 0.2) is 11.5 Å². The van der Waals surface area contributed by atoms with Crippen LogP contribution >= 0.6 is 0 Å². The van der Waals surface area contributed by atoms with E-state index in [1.807, 2.05) is 6.92 Å². The minimum absolute atomic E-state index is 0.148. The number of hydrogen-bond donors (Lipinski definition) is 0. The number of aromatic nitrogens is 4. The fourth-order valence-electron chi connectivity index (χ4n) is 2.81. The number of carbonyl (C=O) groups is 1. The standard InChI is InChI=1S/C16H18F3N5O3/c1-3-10-9-23(6-7-27-10)15(25)11-8-20-24(14(11)16(17,18)19)12-4-5-13(26-2)22-21-12/h4-5,8,10H,3,6-7,9H2,1-2H3. The van der Waals surface area contributed by atoms with Crippen LogP contribution in [0.1, 0.15) is 29.4 Å². The Hall–Kier alpha value is -2.69. The second-order valence-electron chi connectivity index (χ2n) is 5.90. The van der Waals surface area contributed by atoms with Crippen molar-refractivity contribution in [3.8, 4) is 11.7 Å². The quantitative estimate of drug-likeness (QED) is 0.800. The van der Waals surface area contributed by atoms with Crippen LogP contribution in [-0.4, -0.2) is 63.7 Å². The van der Waals surface area contributed by atoms with Crippen molar-refractivity contribution >= 4 is 5.91 Å². The average Bonchev–Trinajstić information content (AvgIpc) is 3.13. The molecule has 1 aliphatic heterocycles. The summed E-state index contributed by atoms with van der Waals surface area (Å²) in [5, 5.41) is 11.1. The van der Waals surface area contributed by atoms with Crippen LogP contribution in [0.4, 0.5) is 13.2 Å². The van der Waals surface area contributed by atoms with Gasteiger partial charge in [-0.05, 0) is 12.5 Å². The molecule has 0 bridgehead atoms. The molecule has 0 aromatic carbocycles. The first-order valence-corrected chi connectivity index (χ1v) is 8.29. The van der Waals surface area contributed by atoms with E-state index in [4.69, 9.17) is 9.47 Å². The van der Waals surface area contributed by atoms with Crippen molar-refractivity contribution in [2.24, 2.45) is 0 Å². The van der Waals surface area contributed by atoms with E-state index in [2.05, 4.69) is 15.3 Å². The van der Waals surface area contributed by atoms with Crippen molar-refractivity contribution < 1.29 is 27.4 Å². The number of carbonyl (C=O) groups excluding carboxylic acids is 1. The summed E-state index contributed by atoms with van der Waals surface area (Å²) in [7, 11) is 1.36. The van der Waals surface area contributed by atoms with Crippen LogP contribution < -0.4 is 4.74 Å². The largest absolute Gasteiger partial charge is 0.480 e. The van der Waals surface area contributed by atoms with Gasteiger partial charge < -0.3 is 14.4 Å². The maximum Gasteiger partial charge on any atom is 0.434 e. The van der Waals surface area contributed by atoms with Crippen molar-refractivity contribution in [1.29, 1.82) is 0 Å². The molecule has 1 unspecified atom stereocenters. The Morgan fingerprint density at radius 2 is 2.15 bits per heavy atom. The van der Waals surface area contributed by atoms with Crippen molar-refractivity contribution in [2.45, 2.75) is 25.6 Å². The fraction of sp³-hybridized carbons (Fsp3) is 0.500. The highest BCUT2D eigenvalue weighted by molar-refractivity contribution is 5.95. The van der Waals surface area contributed by atoms with Crippen LogP contribution in [0.5, 0.6) is 5.88 Å². The molecule has 0 aliphatic carbocycles. The Morgan fingerprint density at radius 1 is 1.37 bits per heavy atom. The average molecular weight is 385 g/mol. The summed E-state index contributed by atoms with van der Waals surface area (Å²) in [6.45, 7) is 2.63. The van der Waals surface area contributed by atoms with Crippen LogP contribution in [-0.2, 0) is 10.9 Å². The zero-order valence-corrected chi connectivity index (χ0v) is 14.7. The van der Waals surface area contributed by atoms with E-state index in [-0.39, 0.29) is 37.5 Å². The summed E-state index contributed by atoms with van der Waals surface area (Å²) in [6, 6.07) is 2.64. The summed E-state index contributed by atoms with van der Waals surface area (Å²) in [5.74, 6) is -0.762. The van der Waals surface area contributed by atoms with Gasteiger partial charge in [0, 0.05) is 19.2 Å². The van der Waals surface area contributed by atoms with E-state index in [0.29, 0.717) is 11.1 Å². The van der Waals surface area contributed by atoms with Crippen molar-refractivity contribution in [2.75, 3.05) is 26.8 Å². The molecular formula is C16H18F3N5O3. The predicted molar refractivity (Wildman–Crippen MR) is 86.6 cm³/mol. The van der Waals surface area contributed by atoms with Gasteiger partial charge in [-0.2, -0.15) is 18.3 Å². The lowest BCUT2D eigenvalue weighted by Crippen LogP contribution is -2.45. The minimum atomic E-state index is -4.81. The number of rotatable bonds is 4. The highest BCUT2D eigenvalue weighted by Crippen LogP contribution is 2.34. The SMILES string of the molecule is CCC1CN(C(=O)c2cnn(-c3ccc(OC)nn3)c2C(F)(F)F)CCO1. The van der Waals surface area contributed by atoms with Gasteiger partial charge in [-0.25, -0.2) is 4.68 Å². The molecule has 1 saturated heterocycles. The molecule has 8 nitrogen and oxygen atoms in total. The molecular weight excluding hydrogens is 367 g/mol. The van der Waals surface area contributed by atoms with E-state index in [0.717, 1.165) is 6.20 Å². The van der Waals surface area contributed by atoms with Gasteiger partial charge in [-0.15, -0.1) is 10.2 Å². The van der Waals surface area contributed by atoms with Crippen LogP contribution in [0.15, 0.2) is 18.3 Å². The smallest absolute Gasteiger partial charge is 0.434 e. The third-order valence-electron chi connectivity index (χ3n) is 4.20. The van der Waals surface area contributed by atoms with Gasteiger partial charge in [0.1, 0.15) is 0 Å². The molecule has 0 radical (unpaired) electrons. The zero-order valence-electron chi connectivity index (χ0n) is 14.7. The third-order valence-corrected chi connectivity index (χ3v) is 4.20. The van der Waals surface area contributed by atoms with Crippen molar-refractivity contribution in [1.82, 2.24) is 24.9 Å². The Kier molecular flexibility index (Phi) is 5.31. The van der Waals surface area contributed by atoms with Gasteiger partial charge >= 0.3 is 6.18 Å². The number of nitrogens with zero attached hydrogens (tertiary/aromatic N) is 5. The number of halogens is 3. The molecule has 1 fully saturated rings. The summed E-state index contributed by atoms with van der Waals surface area (Å²) in [5.41, 5.74) is -1.72. The second kappa shape index (κ2) is 7.51. The van der Waals surface area contributed by atoms with E-state index in [1.165, 1.54) is 24.1 Å². The van der Waals surface area contributed by atoms with E-state index in [1.54, 1.807) is 0 Å². The van der Waals surface area contributed by atoms with Crippen molar-refractivity contribution in [3.63, 3.8) is 0 Å². The molecule has 0 saturated carbocycles. The van der Waals surface area contributed by atoms with Gasteiger partial charge in [0.2, 0.25) is 5.88 Å². The molecule has 1 atom stereocenters. The molecule has 146 valence electrons. The molecule has 11 heteroatoms. The maximum absolute atomic E-state index is 13.7. The maximum atomic E-state index is 13.7.